The van der Waals surface area contributed by atoms with Gasteiger partial charge in [0.05, 0.1) is 11.3 Å². The van der Waals surface area contributed by atoms with Crippen LogP contribution in [0.2, 0.25) is 0 Å². The van der Waals surface area contributed by atoms with Crippen molar-refractivity contribution in [1.82, 2.24) is 0 Å². The summed E-state index contributed by atoms with van der Waals surface area (Å²) in [7, 11) is -4.32. The molecule has 0 aliphatic carbocycles. The number of benzene rings is 1. The molecule has 0 fully saturated rings. The van der Waals surface area contributed by atoms with Gasteiger partial charge in [0.1, 0.15) is 0 Å². The molecule has 25 heavy (non-hydrogen) atoms. The van der Waals surface area contributed by atoms with Gasteiger partial charge in [-0.3, -0.25) is 9.59 Å². The van der Waals surface area contributed by atoms with E-state index in [0.29, 0.717) is 5.56 Å². The van der Waals surface area contributed by atoms with Gasteiger partial charge in [0.15, 0.2) is 0 Å². The average molecular weight is 372 g/mol. The fourth-order valence-corrected chi connectivity index (χ4v) is 3.62. The van der Waals surface area contributed by atoms with Gasteiger partial charge in [-0.2, -0.15) is 11.3 Å². The first kappa shape index (κ1) is 18.5. The molecule has 0 saturated heterocycles. The molecule has 0 aliphatic rings. The standard InChI is InChI=1S/C17H12N2O4S2/c1-12-2-6-15(7-3-12)25(22,23)17(19-18)16(21)10-14(20)5-4-13-8-9-24-11-13/h2-3,6-9,11H,10H2,1H3. The zero-order valence-electron chi connectivity index (χ0n) is 13.1. The zero-order chi connectivity index (χ0) is 18.4. The van der Waals surface area contributed by atoms with Crippen LogP contribution in [0.25, 0.3) is 5.53 Å². The molecule has 0 spiro atoms. The lowest BCUT2D eigenvalue weighted by Crippen LogP contribution is -2.27. The molecular formula is C17H12N2O4S2. The Morgan fingerprint density at radius 1 is 1.20 bits per heavy atom. The number of carbonyl (C=O) groups excluding carboxylic acids is 2. The molecule has 0 saturated carbocycles. The summed E-state index contributed by atoms with van der Waals surface area (Å²) < 4.78 is 24.8. The highest BCUT2D eigenvalue weighted by molar-refractivity contribution is 8.08. The van der Waals surface area contributed by atoms with Crippen LogP contribution in [-0.2, 0) is 19.4 Å². The van der Waals surface area contributed by atoms with Gasteiger partial charge in [-0.15, -0.1) is 4.79 Å². The zero-order valence-corrected chi connectivity index (χ0v) is 14.7. The lowest BCUT2D eigenvalue weighted by Gasteiger charge is -2.00. The molecule has 0 atom stereocenters. The maximum Gasteiger partial charge on any atom is 0.452 e. The largest absolute Gasteiger partial charge is 0.452 e. The summed E-state index contributed by atoms with van der Waals surface area (Å²) in [6, 6.07) is 7.38. The number of sulfone groups is 1. The van der Waals surface area contributed by atoms with Crippen molar-refractivity contribution in [2.45, 2.75) is 18.2 Å². The minimum Gasteiger partial charge on any atom is -0.360 e. The van der Waals surface area contributed by atoms with Gasteiger partial charge < -0.3 is 5.53 Å². The van der Waals surface area contributed by atoms with Crippen molar-refractivity contribution in [3.05, 3.63) is 57.7 Å². The quantitative estimate of drug-likeness (QED) is 0.204. The van der Waals surface area contributed by atoms with Crippen molar-refractivity contribution in [3.8, 4) is 11.8 Å². The fraction of sp³-hybridized carbons (Fsp3) is 0.118. The van der Waals surface area contributed by atoms with Crippen LogP contribution in [0, 0.1) is 18.8 Å². The second kappa shape index (κ2) is 7.81. The van der Waals surface area contributed by atoms with E-state index in [4.69, 9.17) is 5.53 Å². The highest BCUT2D eigenvalue weighted by atomic mass is 32.2. The first-order valence-corrected chi connectivity index (χ1v) is 9.41. The Balaban J connectivity index is 2.20. The maximum absolute atomic E-state index is 12.4. The molecule has 8 heteroatoms. The number of carbonyl (C=O) groups is 2. The minimum atomic E-state index is -4.32. The summed E-state index contributed by atoms with van der Waals surface area (Å²) in [5, 5.41) is 2.43. The Morgan fingerprint density at radius 2 is 1.88 bits per heavy atom. The van der Waals surface area contributed by atoms with Gasteiger partial charge in [0, 0.05) is 10.9 Å². The number of nitrogens with zero attached hydrogens (tertiary/aromatic N) is 2. The third-order valence-corrected chi connectivity index (χ3v) is 5.50. The molecule has 1 heterocycles. The average Bonchev–Trinajstić information content (AvgIpc) is 3.07. The van der Waals surface area contributed by atoms with Crippen molar-refractivity contribution in [1.29, 1.82) is 0 Å². The fourth-order valence-electron chi connectivity index (χ4n) is 1.83. The third-order valence-electron chi connectivity index (χ3n) is 3.10. The lowest BCUT2D eigenvalue weighted by molar-refractivity contribution is -0.122. The second-order valence-electron chi connectivity index (χ2n) is 5.01. The molecule has 0 unspecified atom stereocenters. The molecule has 126 valence electrons. The second-order valence-corrected chi connectivity index (χ2v) is 7.65. The highest BCUT2D eigenvalue weighted by Gasteiger charge is 2.37. The van der Waals surface area contributed by atoms with E-state index in [0.717, 1.165) is 5.56 Å². The van der Waals surface area contributed by atoms with Crippen molar-refractivity contribution >= 4 is 37.8 Å². The van der Waals surface area contributed by atoms with Gasteiger partial charge in [0.25, 0.3) is 15.6 Å². The van der Waals surface area contributed by atoms with Crippen LogP contribution in [0.5, 0.6) is 0 Å². The molecule has 1 aromatic heterocycles. The topological polar surface area (TPSA) is 105 Å². The van der Waals surface area contributed by atoms with E-state index in [2.05, 4.69) is 16.6 Å². The number of Topliss-reactive ketones (excluding diaryl/α,β-unsaturated/α-hetero) is 2. The molecule has 0 radical (unpaired) electrons. The number of aryl methyl sites for hydroxylation is 1. The molecular weight excluding hydrogens is 360 g/mol. The number of hydrogen-bond acceptors (Lipinski definition) is 5. The number of thiophene rings is 1. The van der Waals surface area contributed by atoms with E-state index in [1.807, 2.05) is 0 Å². The predicted molar refractivity (Wildman–Crippen MR) is 92.8 cm³/mol. The van der Waals surface area contributed by atoms with Crippen molar-refractivity contribution in [2.75, 3.05) is 0 Å². The summed E-state index contributed by atoms with van der Waals surface area (Å²) in [5.41, 5.74) is 10.4. The number of hydrogen-bond donors (Lipinski definition) is 0. The van der Waals surface area contributed by atoms with E-state index < -0.39 is 32.9 Å². The van der Waals surface area contributed by atoms with Gasteiger partial charge in [-0.05, 0) is 36.4 Å². The van der Waals surface area contributed by atoms with Crippen LogP contribution in [0.3, 0.4) is 0 Å². The Hall–Kier alpha value is -2.85. The van der Waals surface area contributed by atoms with Gasteiger partial charge in [-0.25, -0.2) is 8.42 Å². The monoisotopic (exact) mass is 372 g/mol. The van der Waals surface area contributed by atoms with Crippen LogP contribution in [0.4, 0.5) is 0 Å². The Morgan fingerprint density at radius 3 is 2.44 bits per heavy atom. The molecule has 6 nitrogen and oxygen atoms in total. The molecule has 0 bridgehead atoms. The van der Waals surface area contributed by atoms with Crippen molar-refractivity contribution in [3.63, 3.8) is 0 Å². The van der Waals surface area contributed by atoms with E-state index in [-0.39, 0.29) is 4.90 Å². The first-order chi connectivity index (χ1) is 11.8. The third kappa shape index (κ3) is 4.58. The summed E-state index contributed by atoms with van der Waals surface area (Å²) in [6.07, 6.45) is -0.790. The Kier molecular flexibility index (Phi) is 5.78. The molecule has 1 aromatic carbocycles. The van der Waals surface area contributed by atoms with Crippen LogP contribution in [0.1, 0.15) is 17.5 Å². The van der Waals surface area contributed by atoms with Gasteiger partial charge in [0.2, 0.25) is 5.78 Å². The lowest BCUT2D eigenvalue weighted by atomic mass is 10.2. The van der Waals surface area contributed by atoms with E-state index in [9.17, 15) is 18.0 Å². The van der Waals surface area contributed by atoms with Crippen LogP contribution in [0.15, 0.2) is 46.0 Å². The summed E-state index contributed by atoms with van der Waals surface area (Å²) in [6.45, 7) is 1.77. The SMILES string of the molecule is Cc1ccc(S(=O)(=O)C(=[N+]=[N-])C(=O)CC(=O)C#Cc2ccsc2)cc1. The van der Waals surface area contributed by atoms with Crippen molar-refractivity contribution < 1.29 is 22.8 Å². The summed E-state index contributed by atoms with van der Waals surface area (Å²) in [5.74, 6) is 2.94. The van der Waals surface area contributed by atoms with Crippen LogP contribution in [-0.4, -0.2) is 29.8 Å². The summed E-state index contributed by atoms with van der Waals surface area (Å²) >= 11 is 1.40. The first-order valence-electron chi connectivity index (χ1n) is 6.98. The van der Waals surface area contributed by atoms with E-state index in [1.54, 1.807) is 35.9 Å². The van der Waals surface area contributed by atoms with E-state index >= 15 is 0 Å². The Bertz CT molecular complexity index is 1020. The molecule has 0 amide bonds. The van der Waals surface area contributed by atoms with E-state index in [1.165, 1.54) is 23.5 Å². The minimum absolute atomic E-state index is 0.198. The smallest absolute Gasteiger partial charge is 0.360 e. The molecule has 0 N–H and O–H groups in total. The number of ketones is 2. The predicted octanol–water partition coefficient (Wildman–Crippen LogP) is 2.04. The molecule has 2 rings (SSSR count). The highest BCUT2D eigenvalue weighted by Crippen LogP contribution is 2.14. The Labute approximate surface area is 148 Å². The van der Waals surface area contributed by atoms with Crippen molar-refractivity contribution in [2.24, 2.45) is 0 Å². The summed E-state index contributed by atoms with van der Waals surface area (Å²) in [4.78, 5) is 26.2. The molecule has 0 aliphatic heterocycles. The molecule has 2 aromatic rings. The van der Waals surface area contributed by atoms with Crippen LogP contribution >= 0.6 is 11.3 Å². The van der Waals surface area contributed by atoms with Gasteiger partial charge in [-0.1, -0.05) is 23.6 Å². The van der Waals surface area contributed by atoms with Gasteiger partial charge >= 0.3 is 5.04 Å². The van der Waals surface area contributed by atoms with Crippen LogP contribution < -0.4 is 0 Å². The normalized spacial score (nSPS) is 10.3. The number of rotatable bonds is 4. The maximum atomic E-state index is 12.4.